The third-order valence-electron chi connectivity index (χ3n) is 6.08. The number of fused-ring (bicyclic) bond motifs is 1. The fraction of sp³-hybridized carbons (Fsp3) is 0.280. The molecule has 0 unspecified atom stereocenters. The standard InChI is InChI=1S/C25H26N6O/c1-15-11-19(3-4-20(15)17-5-8-26-9-6-17)30-24-23-18(7-10-28-25(23)32)12-21(31-24)22-14-27-13-16(2)29-22/h3-4,7,10-14,17,26H,5-6,8-9H2,1-2H3,(H,28,32)(H,30,31). The molecule has 162 valence electrons. The first kappa shape index (κ1) is 20.3. The molecule has 0 atom stereocenters. The van der Waals surface area contributed by atoms with Crippen molar-refractivity contribution in [3.05, 3.63) is 76.1 Å². The first-order valence-electron chi connectivity index (χ1n) is 11.0. The number of anilines is 2. The number of aromatic nitrogens is 4. The van der Waals surface area contributed by atoms with Crippen molar-refractivity contribution in [1.29, 1.82) is 0 Å². The maximum Gasteiger partial charge on any atom is 0.259 e. The first-order valence-corrected chi connectivity index (χ1v) is 11.0. The van der Waals surface area contributed by atoms with Crippen LogP contribution in [0.15, 0.2) is 53.7 Å². The highest BCUT2D eigenvalue weighted by Gasteiger charge is 2.18. The molecule has 0 radical (unpaired) electrons. The number of pyridine rings is 2. The second-order valence-electron chi connectivity index (χ2n) is 8.39. The average Bonchev–Trinajstić information content (AvgIpc) is 2.80. The van der Waals surface area contributed by atoms with Gasteiger partial charge >= 0.3 is 0 Å². The Hall–Kier alpha value is -3.58. The molecule has 1 aliphatic rings. The van der Waals surface area contributed by atoms with Crippen molar-refractivity contribution in [3.63, 3.8) is 0 Å². The Morgan fingerprint density at radius 1 is 1.00 bits per heavy atom. The largest absolute Gasteiger partial charge is 0.340 e. The molecule has 0 bridgehead atoms. The number of H-pyrrole nitrogens is 1. The molecule has 5 rings (SSSR count). The van der Waals surface area contributed by atoms with Gasteiger partial charge < -0.3 is 15.6 Å². The van der Waals surface area contributed by atoms with E-state index in [0.717, 1.165) is 42.7 Å². The van der Waals surface area contributed by atoms with Crippen molar-refractivity contribution < 1.29 is 0 Å². The van der Waals surface area contributed by atoms with Gasteiger partial charge in [0.15, 0.2) is 0 Å². The lowest BCUT2D eigenvalue weighted by Gasteiger charge is -2.25. The van der Waals surface area contributed by atoms with Crippen molar-refractivity contribution in [3.8, 4) is 11.4 Å². The van der Waals surface area contributed by atoms with Crippen LogP contribution < -0.4 is 16.2 Å². The summed E-state index contributed by atoms with van der Waals surface area (Å²) in [5.74, 6) is 1.10. The minimum atomic E-state index is -0.178. The summed E-state index contributed by atoms with van der Waals surface area (Å²) in [5, 5.41) is 8.15. The van der Waals surface area contributed by atoms with Crippen LogP contribution in [0.4, 0.5) is 11.5 Å². The van der Waals surface area contributed by atoms with Crippen LogP contribution in [-0.2, 0) is 0 Å². The number of hydrogen-bond donors (Lipinski definition) is 3. The molecule has 4 aromatic rings. The van der Waals surface area contributed by atoms with Crippen LogP contribution >= 0.6 is 0 Å². The highest BCUT2D eigenvalue weighted by Crippen LogP contribution is 2.31. The van der Waals surface area contributed by atoms with Gasteiger partial charge in [-0.2, -0.15) is 0 Å². The quantitative estimate of drug-likeness (QED) is 0.452. The summed E-state index contributed by atoms with van der Waals surface area (Å²) in [6.45, 7) is 6.18. The summed E-state index contributed by atoms with van der Waals surface area (Å²) in [7, 11) is 0. The molecular formula is C25H26N6O. The van der Waals surface area contributed by atoms with Crippen LogP contribution in [0.2, 0.25) is 0 Å². The highest BCUT2D eigenvalue weighted by molar-refractivity contribution is 5.94. The summed E-state index contributed by atoms with van der Waals surface area (Å²) < 4.78 is 0. The van der Waals surface area contributed by atoms with Crippen molar-refractivity contribution in [2.24, 2.45) is 0 Å². The zero-order valence-electron chi connectivity index (χ0n) is 18.3. The monoisotopic (exact) mass is 426 g/mol. The van der Waals surface area contributed by atoms with Gasteiger partial charge in [-0.25, -0.2) is 9.97 Å². The van der Waals surface area contributed by atoms with Crippen molar-refractivity contribution in [1.82, 2.24) is 25.3 Å². The van der Waals surface area contributed by atoms with Gasteiger partial charge in [-0.3, -0.25) is 9.78 Å². The van der Waals surface area contributed by atoms with Gasteiger partial charge in [0.2, 0.25) is 0 Å². The van der Waals surface area contributed by atoms with E-state index in [4.69, 9.17) is 4.98 Å². The van der Waals surface area contributed by atoms with E-state index in [1.165, 1.54) is 11.1 Å². The molecule has 3 aromatic heterocycles. The number of benzene rings is 1. The Morgan fingerprint density at radius 3 is 2.62 bits per heavy atom. The molecule has 4 heterocycles. The van der Waals surface area contributed by atoms with Gasteiger partial charge in [0.05, 0.1) is 23.0 Å². The molecule has 1 aliphatic heterocycles. The van der Waals surface area contributed by atoms with Crippen molar-refractivity contribution in [2.45, 2.75) is 32.6 Å². The van der Waals surface area contributed by atoms with Crippen molar-refractivity contribution >= 4 is 22.3 Å². The molecule has 32 heavy (non-hydrogen) atoms. The van der Waals surface area contributed by atoms with Crippen molar-refractivity contribution in [2.75, 3.05) is 18.4 Å². The van der Waals surface area contributed by atoms with Gasteiger partial charge in [0.25, 0.3) is 5.56 Å². The van der Waals surface area contributed by atoms with E-state index in [1.54, 1.807) is 18.6 Å². The second-order valence-corrected chi connectivity index (χ2v) is 8.39. The molecule has 0 amide bonds. The SMILES string of the molecule is Cc1cncc(-c2cc3cc[nH]c(=O)c3c(Nc3ccc(C4CCNCC4)c(C)c3)n2)n1. The highest BCUT2D eigenvalue weighted by atomic mass is 16.1. The normalized spacial score (nSPS) is 14.6. The third kappa shape index (κ3) is 3.99. The number of piperidine rings is 1. The van der Waals surface area contributed by atoms with Gasteiger partial charge in [-0.15, -0.1) is 0 Å². The van der Waals surface area contributed by atoms with E-state index >= 15 is 0 Å². The second kappa shape index (κ2) is 8.51. The van der Waals surface area contributed by atoms with E-state index in [2.05, 4.69) is 50.7 Å². The van der Waals surface area contributed by atoms with Crippen LogP contribution in [0.3, 0.4) is 0 Å². The molecular weight excluding hydrogens is 400 g/mol. The topological polar surface area (TPSA) is 95.6 Å². The Morgan fingerprint density at radius 2 is 1.84 bits per heavy atom. The molecule has 1 fully saturated rings. The predicted octanol–water partition coefficient (Wildman–Crippen LogP) is 4.21. The van der Waals surface area contributed by atoms with Crippen LogP contribution in [-0.4, -0.2) is 33.0 Å². The molecule has 0 spiro atoms. The lowest BCUT2D eigenvalue weighted by molar-refractivity contribution is 0.459. The third-order valence-corrected chi connectivity index (χ3v) is 6.08. The first-order chi connectivity index (χ1) is 15.6. The Balaban J connectivity index is 1.56. The fourth-order valence-electron chi connectivity index (χ4n) is 4.50. The fourth-order valence-corrected chi connectivity index (χ4v) is 4.50. The zero-order valence-corrected chi connectivity index (χ0v) is 18.3. The number of aryl methyl sites for hydroxylation is 2. The van der Waals surface area contributed by atoms with Crippen LogP contribution in [0.1, 0.15) is 35.6 Å². The molecule has 1 aromatic carbocycles. The average molecular weight is 427 g/mol. The van der Waals surface area contributed by atoms with E-state index in [9.17, 15) is 4.79 Å². The van der Waals surface area contributed by atoms with Gasteiger partial charge in [-0.1, -0.05) is 6.07 Å². The molecule has 1 saturated heterocycles. The van der Waals surface area contributed by atoms with E-state index < -0.39 is 0 Å². The molecule has 7 nitrogen and oxygen atoms in total. The summed E-state index contributed by atoms with van der Waals surface area (Å²) in [4.78, 5) is 29.0. The number of aromatic amines is 1. The van der Waals surface area contributed by atoms with E-state index in [0.29, 0.717) is 28.5 Å². The summed E-state index contributed by atoms with van der Waals surface area (Å²) in [6, 6.07) is 10.2. The summed E-state index contributed by atoms with van der Waals surface area (Å²) >= 11 is 0. The lowest BCUT2D eigenvalue weighted by atomic mass is 9.87. The van der Waals surface area contributed by atoms with Crippen LogP contribution in [0.5, 0.6) is 0 Å². The minimum Gasteiger partial charge on any atom is -0.340 e. The molecule has 0 saturated carbocycles. The number of hydrogen-bond acceptors (Lipinski definition) is 6. The predicted molar refractivity (Wildman–Crippen MR) is 127 cm³/mol. The maximum absolute atomic E-state index is 12.6. The smallest absolute Gasteiger partial charge is 0.259 e. The number of nitrogens with one attached hydrogen (secondary N) is 3. The number of rotatable bonds is 4. The summed E-state index contributed by atoms with van der Waals surface area (Å²) in [6.07, 6.45) is 7.37. The van der Waals surface area contributed by atoms with Crippen LogP contribution in [0.25, 0.3) is 22.2 Å². The minimum absolute atomic E-state index is 0.178. The molecule has 0 aliphatic carbocycles. The van der Waals surface area contributed by atoms with E-state index in [1.807, 2.05) is 19.1 Å². The Labute approximate surface area is 186 Å². The van der Waals surface area contributed by atoms with Gasteiger partial charge in [-0.05, 0) is 86.5 Å². The maximum atomic E-state index is 12.6. The Bertz CT molecular complexity index is 1340. The molecule has 3 N–H and O–H groups in total. The zero-order chi connectivity index (χ0) is 22.1. The summed E-state index contributed by atoms with van der Waals surface area (Å²) in [5.41, 5.74) is 5.54. The van der Waals surface area contributed by atoms with Crippen LogP contribution in [0, 0.1) is 13.8 Å². The van der Waals surface area contributed by atoms with Gasteiger partial charge in [0.1, 0.15) is 11.5 Å². The Kier molecular flexibility index (Phi) is 5.41. The number of nitrogens with zero attached hydrogens (tertiary/aromatic N) is 3. The van der Waals surface area contributed by atoms with E-state index in [-0.39, 0.29) is 5.56 Å². The van der Waals surface area contributed by atoms with Gasteiger partial charge in [0, 0.05) is 18.1 Å². The molecule has 7 heteroatoms. The lowest BCUT2D eigenvalue weighted by Crippen LogP contribution is -2.26.